The van der Waals surface area contributed by atoms with Gasteiger partial charge in [-0.05, 0) is 43.4 Å². The lowest BCUT2D eigenvalue weighted by atomic mass is 9.63. The monoisotopic (exact) mass is 266 g/mol. The quantitative estimate of drug-likeness (QED) is 0.832. The Labute approximate surface area is 118 Å². The standard InChI is InChI=1S/C16H30N2O/c1-7-13-17-11(2)14(19)18(13)12-8-15(3,4)10-16(5,6)9-12/h11-13,17H,7-10H2,1-6H3. The molecule has 3 nitrogen and oxygen atoms in total. The zero-order chi connectivity index (χ0) is 14.4. The van der Waals surface area contributed by atoms with E-state index in [0.717, 1.165) is 19.3 Å². The number of hydrogen-bond donors (Lipinski definition) is 1. The second-order valence-corrected chi connectivity index (χ2v) is 8.13. The molecule has 1 saturated carbocycles. The van der Waals surface area contributed by atoms with Gasteiger partial charge in [-0.3, -0.25) is 10.1 Å². The van der Waals surface area contributed by atoms with Gasteiger partial charge in [0.2, 0.25) is 5.91 Å². The van der Waals surface area contributed by atoms with E-state index in [9.17, 15) is 4.79 Å². The Bertz CT molecular complexity index is 346. The van der Waals surface area contributed by atoms with Gasteiger partial charge in [0.1, 0.15) is 0 Å². The first kappa shape index (κ1) is 14.8. The highest BCUT2D eigenvalue weighted by molar-refractivity contribution is 5.84. The van der Waals surface area contributed by atoms with Crippen molar-refractivity contribution in [3.63, 3.8) is 0 Å². The van der Waals surface area contributed by atoms with Gasteiger partial charge in [0.25, 0.3) is 0 Å². The molecule has 2 fully saturated rings. The maximum atomic E-state index is 12.5. The average Bonchev–Trinajstić information content (AvgIpc) is 2.50. The summed E-state index contributed by atoms with van der Waals surface area (Å²) in [4.78, 5) is 14.6. The van der Waals surface area contributed by atoms with Gasteiger partial charge in [-0.1, -0.05) is 34.6 Å². The number of carbonyl (C=O) groups excluding carboxylic acids is 1. The van der Waals surface area contributed by atoms with E-state index in [-0.39, 0.29) is 12.2 Å². The van der Waals surface area contributed by atoms with E-state index >= 15 is 0 Å². The molecular weight excluding hydrogens is 236 g/mol. The zero-order valence-corrected chi connectivity index (χ0v) is 13.4. The fourth-order valence-electron chi connectivity index (χ4n) is 4.55. The Kier molecular flexibility index (Phi) is 3.72. The van der Waals surface area contributed by atoms with Crippen molar-refractivity contribution in [1.82, 2.24) is 10.2 Å². The van der Waals surface area contributed by atoms with Crippen molar-refractivity contribution >= 4 is 5.91 Å². The highest BCUT2D eigenvalue weighted by Crippen LogP contribution is 2.47. The van der Waals surface area contributed by atoms with Crippen molar-refractivity contribution in [2.24, 2.45) is 10.8 Å². The first-order valence-electron chi connectivity index (χ1n) is 7.73. The van der Waals surface area contributed by atoms with Crippen LogP contribution in [-0.4, -0.2) is 29.1 Å². The third-order valence-electron chi connectivity index (χ3n) is 4.72. The fraction of sp³-hybridized carbons (Fsp3) is 0.938. The Morgan fingerprint density at radius 3 is 2.21 bits per heavy atom. The minimum atomic E-state index is -0.0156. The molecule has 0 aromatic rings. The summed E-state index contributed by atoms with van der Waals surface area (Å²) in [5.41, 5.74) is 0.660. The fourth-order valence-corrected chi connectivity index (χ4v) is 4.55. The van der Waals surface area contributed by atoms with Crippen LogP contribution in [0.2, 0.25) is 0 Å². The summed E-state index contributed by atoms with van der Waals surface area (Å²) in [5.74, 6) is 0.297. The molecule has 1 aliphatic carbocycles. The lowest BCUT2D eigenvalue weighted by Gasteiger charge is -2.48. The summed E-state index contributed by atoms with van der Waals surface area (Å²) < 4.78 is 0. The molecule has 2 atom stereocenters. The van der Waals surface area contributed by atoms with E-state index in [0.29, 0.717) is 22.8 Å². The van der Waals surface area contributed by atoms with E-state index in [1.807, 2.05) is 6.92 Å². The van der Waals surface area contributed by atoms with Crippen LogP contribution in [0.1, 0.15) is 67.2 Å². The normalized spacial score (nSPS) is 34.8. The lowest BCUT2D eigenvalue weighted by Crippen LogP contribution is -2.51. The van der Waals surface area contributed by atoms with Crippen LogP contribution in [0.15, 0.2) is 0 Å². The molecule has 0 bridgehead atoms. The number of amides is 1. The number of rotatable bonds is 2. The van der Waals surface area contributed by atoms with Crippen LogP contribution >= 0.6 is 0 Å². The van der Waals surface area contributed by atoms with Gasteiger partial charge in [-0.2, -0.15) is 0 Å². The number of nitrogens with zero attached hydrogens (tertiary/aromatic N) is 1. The van der Waals surface area contributed by atoms with Crippen LogP contribution in [0.25, 0.3) is 0 Å². The largest absolute Gasteiger partial charge is 0.323 e. The van der Waals surface area contributed by atoms with Crippen LogP contribution < -0.4 is 5.32 Å². The zero-order valence-electron chi connectivity index (χ0n) is 13.4. The molecule has 110 valence electrons. The van der Waals surface area contributed by atoms with Crippen LogP contribution in [0.5, 0.6) is 0 Å². The van der Waals surface area contributed by atoms with E-state index < -0.39 is 0 Å². The lowest BCUT2D eigenvalue weighted by molar-refractivity contribution is -0.134. The molecule has 0 aromatic carbocycles. The van der Waals surface area contributed by atoms with Crippen molar-refractivity contribution < 1.29 is 4.79 Å². The number of hydrogen-bond acceptors (Lipinski definition) is 2. The highest BCUT2D eigenvalue weighted by Gasteiger charge is 2.46. The average molecular weight is 266 g/mol. The molecule has 1 aliphatic heterocycles. The first-order chi connectivity index (χ1) is 8.65. The van der Waals surface area contributed by atoms with E-state index in [1.54, 1.807) is 0 Å². The summed E-state index contributed by atoms with van der Waals surface area (Å²) in [6.45, 7) is 13.5. The SMILES string of the molecule is CCC1NC(C)C(=O)N1C1CC(C)(C)CC(C)(C)C1. The predicted molar refractivity (Wildman–Crippen MR) is 78.7 cm³/mol. The molecule has 2 rings (SSSR count). The van der Waals surface area contributed by atoms with Crippen molar-refractivity contribution in [2.45, 2.75) is 85.5 Å². The smallest absolute Gasteiger partial charge is 0.240 e. The molecule has 0 spiro atoms. The van der Waals surface area contributed by atoms with Crippen molar-refractivity contribution in [1.29, 1.82) is 0 Å². The van der Waals surface area contributed by atoms with Crippen LogP contribution in [0.3, 0.4) is 0 Å². The van der Waals surface area contributed by atoms with Crippen molar-refractivity contribution in [3.05, 3.63) is 0 Å². The van der Waals surface area contributed by atoms with Crippen LogP contribution in [-0.2, 0) is 4.79 Å². The molecule has 3 heteroatoms. The summed E-state index contributed by atoms with van der Waals surface area (Å²) >= 11 is 0. The van der Waals surface area contributed by atoms with Gasteiger partial charge in [-0.25, -0.2) is 0 Å². The maximum Gasteiger partial charge on any atom is 0.240 e. The van der Waals surface area contributed by atoms with Crippen LogP contribution in [0, 0.1) is 10.8 Å². The number of carbonyl (C=O) groups is 1. The van der Waals surface area contributed by atoms with Gasteiger partial charge in [0.15, 0.2) is 0 Å². The van der Waals surface area contributed by atoms with E-state index in [2.05, 4.69) is 44.8 Å². The van der Waals surface area contributed by atoms with Gasteiger partial charge in [-0.15, -0.1) is 0 Å². The molecular formula is C16H30N2O. The molecule has 1 heterocycles. The molecule has 1 amide bonds. The Morgan fingerprint density at radius 1 is 1.21 bits per heavy atom. The second kappa shape index (κ2) is 4.76. The number of nitrogens with one attached hydrogen (secondary N) is 1. The Balaban J connectivity index is 2.22. The van der Waals surface area contributed by atoms with Crippen molar-refractivity contribution in [3.8, 4) is 0 Å². The summed E-state index contributed by atoms with van der Waals surface area (Å²) in [6.07, 6.45) is 4.74. The van der Waals surface area contributed by atoms with E-state index in [1.165, 1.54) is 6.42 Å². The first-order valence-corrected chi connectivity index (χ1v) is 7.73. The van der Waals surface area contributed by atoms with Gasteiger partial charge >= 0.3 is 0 Å². The molecule has 2 unspecified atom stereocenters. The van der Waals surface area contributed by atoms with Crippen molar-refractivity contribution in [2.75, 3.05) is 0 Å². The third-order valence-corrected chi connectivity index (χ3v) is 4.72. The summed E-state index contributed by atoms with van der Waals surface area (Å²) in [5, 5.41) is 3.43. The minimum Gasteiger partial charge on any atom is -0.323 e. The summed E-state index contributed by atoms with van der Waals surface area (Å²) in [6, 6.07) is 0.381. The minimum absolute atomic E-state index is 0.0156. The van der Waals surface area contributed by atoms with Gasteiger partial charge in [0, 0.05) is 6.04 Å². The van der Waals surface area contributed by atoms with Gasteiger partial charge in [0.05, 0.1) is 12.2 Å². The molecule has 1 saturated heterocycles. The second-order valence-electron chi connectivity index (χ2n) is 8.13. The molecule has 1 N–H and O–H groups in total. The van der Waals surface area contributed by atoms with Crippen LogP contribution in [0.4, 0.5) is 0 Å². The third kappa shape index (κ3) is 2.96. The van der Waals surface area contributed by atoms with Gasteiger partial charge < -0.3 is 4.90 Å². The molecule has 0 aromatic heterocycles. The Morgan fingerprint density at radius 2 is 1.74 bits per heavy atom. The molecule has 19 heavy (non-hydrogen) atoms. The highest BCUT2D eigenvalue weighted by atomic mass is 16.2. The molecule has 2 aliphatic rings. The maximum absolute atomic E-state index is 12.5. The predicted octanol–water partition coefficient (Wildman–Crippen LogP) is 3.15. The van der Waals surface area contributed by atoms with E-state index in [4.69, 9.17) is 0 Å². The molecule has 0 radical (unpaired) electrons. The Hall–Kier alpha value is -0.570. The topological polar surface area (TPSA) is 32.3 Å². The summed E-state index contributed by atoms with van der Waals surface area (Å²) in [7, 11) is 0.